The van der Waals surface area contributed by atoms with Crippen molar-refractivity contribution in [3.8, 4) is 22.5 Å². The van der Waals surface area contributed by atoms with E-state index in [0.717, 1.165) is 17.0 Å². The smallest absolute Gasteiger partial charge is 0.309 e. The number of carbonyl (C=O) groups excluding carboxylic acids is 1. The van der Waals surface area contributed by atoms with Gasteiger partial charge in [0.25, 0.3) is 0 Å². The summed E-state index contributed by atoms with van der Waals surface area (Å²) in [5, 5.41) is 10.4. The second-order valence-corrected chi connectivity index (χ2v) is 8.95. The largest absolute Gasteiger partial charge is 0.458 e. The van der Waals surface area contributed by atoms with Gasteiger partial charge in [-0.15, -0.1) is 0 Å². The molecule has 0 spiro atoms. The molecule has 2 heterocycles. The summed E-state index contributed by atoms with van der Waals surface area (Å²) in [6.45, 7) is 5.61. The van der Waals surface area contributed by atoms with Crippen molar-refractivity contribution in [3.63, 3.8) is 0 Å². The number of aromatic nitrogens is 2. The van der Waals surface area contributed by atoms with E-state index in [1.807, 2.05) is 18.4 Å². The fourth-order valence-corrected chi connectivity index (χ4v) is 4.06. The summed E-state index contributed by atoms with van der Waals surface area (Å²) < 4.78 is 34.5. The van der Waals surface area contributed by atoms with Crippen LogP contribution in [-0.4, -0.2) is 32.3 Å². The highest BCUT2D eigenvalue weighted by molar-refractivity contribution is 5.81. The summed E-state index contributed by atoms with van der Waals surface area (Å²) in [5.74, 6) is -0.402. The molecule has 33 heavy (non-hydrogen) atoms. The van der Waals surface area contributed by atoms with E-state index in [1.165, 1.54) is 24.3 Å². The minimum Gasteiger partial charge on any atom is -0.458 e. The van der Waals surface area contributed by atoms with Crippen LogP contribution in [0.15, 0.2) is 54.6 Å². The topological polar surface area (TPSA) is 64.3 Å². The van der Waals surface area contributed by atoms with Gasteiger partial charge in [-0.25, -0.2) is 13.8 Å². The summed E-state index contributed by atoms with van der Waals surface area (Å²) in [5.41, 5.74) is 1.64. The van der Waals surface area contributed by atoms with Crippen molar-refractivity contribution in [2.24, 2.45) is 0 Å². The number of halogens is 2. The van der Waals surface area contributed by atoms with Crippen LogP contribution in [0.4, 0.5) is 8.78 Å². The molecule has 0 saturated carbocycles. The highest BCUT2D eigenvalue weighted by Gasteiger charge is 2.35. The van der Waals surface area contributed by atoms with Crippen LogP contribution in [0.25, 0.3) is 28.7 Å². The highest BCUT2D eigenvalue weighted by atomic mass is 19.1. The maximum Gasteiger partial charge on any atom is 0.309 e. The van der Waals surface area contributed by atoms with Crippen molar-refractivity contribution in [1.29, 1.82) is 0 Å². The zero-order valence-electron chi connectivity index (χ0n) is 18.8. The van der Waals surface area contributed by atoms with E-state index in [2.05, 4.69) is 0 Å². The molecule has 172 valence electrons. The van der Waals surface area contributed by atoms with Crippen molar-refractivity contribution in [2.75, 3.05) is 0 Å². The van der Waals surface area contributed by atoms with Gasteiger partial charge in [-0.05, 0) is 61.5 Å². The quantitative estimate of drug-likeness (QED) is 0.516. The fourth-order valence-electron chi connectivity index (χ4n) is 4.06. The summed E-state index contributed by atoms with van der Waals surface area (Å²) in [4.78, 5) is 16.8. The van der Waals surface area contributed by atoms with Crippen LogP contribution in [0.3, 0.4) is 0 Å². The van der Waals surface area contributed by atoms with Gasteiger partial charge in [-0.2, -0.15) is 0 Å². The number of hydrogen-bond acceptors (Lipinski definition) is 4. The molecule has 0 aliphatic carbocycles. The van der Waals surface area contributed by atoms with Crippen molar-refractivity contribution in [2.45, 2.75) is 51.2 Å². The van der Waals surface area contributed by atoms with E-state index >= 15 is 0 Å². The van der Waals surface area contributed by atoms with E-state index in [1.54, 1.807) is 43.5 Å². The number of imidazole rings is 1. The van der Waals surface area contributed by atoms with Crippen LogP contribution in [0.5, 0.6) is 0 Å². The number of carbonyl (C=O) groups is 1. The number of aliphatic hydroxyl groups is 1. The Bertz CT molecular complexity index is 1180. The number of cyclic esters (lactones) is 1. The Morgan fingerprint density at radius 3 is 2.21 bits per heavy atom. The first-order valence-electron chi connectivity index (χ1n) is 10.9. The van der Waals surface area contributed by atoms with E-state index in [9.17, 15) is 18.7 Å². The van der Waals surface area contributed by atoms with Crippen molar-refractivity contribution in [1.82, 2.24) is 9.55 Å². The minimum absolute atomic E-state index is 0.0278. The molecule has 1 N–H and O–H groups in total. The SMILES string of the molecule is CC(C)c1nc(-c2ccc(F)cc2)c(-c2ccc(F)cc2)n1/C=C/[C@@H]1C[C@@](C)(O)CC(=O)O1. The number of hydrogen-bond donors (Lipinski definition) is 1. The Morgan fingerprint density at radius 2 is 1.67 bits per heavy atom. The van der Waals surface area contributed by atoms with Gasteiger partial charge in [0.15, 0.2) is 0 Å². The average Bonchev–Trinajstić information content (AvgIpc) is 3.12. The average molecular weight is 453 g/mol. The van der Waals surface area contributed by atoms with Crippen molar-refractivity contribution in [3.05, 3.63) is 72.1 Å². The molecule has 0 radical (unpaired) electrons. The maximum absolute atomic E-state index is 13.7. The van der Waals surface area contributed by atoms with Crippen LogP contribution in [0.1, 0.15) is 45.4 Å². The number of nitrogens with zero attached hydrogens (tertiary/aromatic N) is 2. The first-order chi connectivity index (χ1) is 15.6. The summed E-state index contributed by atoms with van der Waals surface area (Å²) >= 11 is 0. The summed E-state index contributed by atoms with van der Waals surface area (Å²) in [6.07, 6.45) is 3.12. The number of rotatable bonds is 5. The minimum atomic E-state index is -1.14. The standard InChI is InChI=1S/C26H26F2N2O3/c1-16(2)25-29-23(17-4-8-19(27)9-5-17)24(18-6-10-20(28)11-7-18)30(25)13-12-21-14-26(3,32)15-22(31)33-21/h4-13,16,21,32H,14-15H2,1-3H3/b13-12+/t21-,26-/m1/s1. The molecule has 1 aliphatic rings. The lowest BCUT2D eigenvalue weighted by molar-refractivity contribution is -0.163. The van der Waals surface area contributed by atoms with E-state index < -0.39 is 17.7 Å². The zero-order valence-corrected chi connectivity index (χ0v) is 18.8. The Hall–Kier alpha value is -3.32. The number of ether oxygens (including phenoxy) is 1. The molecule has 4 rings (SSSR count). The molecular formula is C26H26F2N2O3. The highest BCUT2D eigenvalue weighted by Crippen LogP contribution is 2.36. The molecule has 7 heteroatoms. The van der Waals surface area contributed by atoms with Gasteiger partial charge in [-0.3, -0.25) is 4.79 Å². The van der Waals surface area contributed by atoms with Gasteiger partial charge >= 0.3 is 5.97 Å². The second-order valence-electron chi connectivity index (χ2n) is 8.95. The lowest BCUT2D eigenvalue weighted by Crippen LogP contribution is -2.40. The van der Waals surface area contributed by atoms with E-state index in [4.69, 9.17) is 9.72 Å². The molecule has 2 aromatic carbocycles. The lowest BCUT2D eigenvalue weighted by atomic mass is 9.92. The monoisotopic (exact) mass is 452 g/mol. The molecule has 0 unspecified atom stereocenters. The normalized spacial score (nSPS) is 21.1. The Morgan fingerprint density at radius 1 is 1.09 bits per heavy atom. The predicted octanol–water partition coefficient (Wildman–Crippen LogP) is 5.55. The molecule has 1 aliphatic heterocycles. The number of benzene rings is 2. The molecule has 5 nitrogen and oxygen atoms in total. The lowest BCUT2D eigenvalue weighted by Gasteiger charge is -2.31. The van der Waals surface area contributed by atoms with Crippen LogP contribution >= 0.6 is 0 Å². The molecule has 3 aromatic rings. The Kier molecular flexibility index (Phi) is 6.17. The van der Waals surface area contributed by atoms with Crippen molar-refractivity contribution < 1.29 is 23.4 Å². The number of esters is 1. The van der Waals surface area contributed by atoms with Crippen LogP contribution < -0.4 is 0 Å². The summed E-state index contributed by atoms with van der Waals surface area (Å²) in [7, 11) is 0. The van der Waals surface area contributed by atoms with E-state index in [0.29, 0.717) is 11.4 Å². The van der Waals surface area contributed by atoms with Crippen LogP contribution in [0.2, 0.25) is 0 Å². The van der Waals surface area contributed by atoms with Gasteiger partial charge in [0, 0.05) is 29.7 Å². The van der Waals surface area contributed by atoms with Gasteiger partial charge in [0.1, 0.15) is 23.6 Å². The molecule has 0 amide bonds. The maximum atomic E-state index is 13.7. The first-order valence-corrected chi connectivity index (χ1v) is 10.9. The van der Waals surface area contributed by atoms with Gasteiger partial charge in [0.2, 0.25) is 0 Å². The summed E-state index contributed by atoms with van der Waals surface area (Å²) in [6, 6.07) is 12.1. The van der Waals surface area contributed by atoms with Crippen LogP contribution in [0, 0.1) is 11.6 Å². The third-order valence-electron chi connectivity index (χ3n) is 5.59. The first kappa shape index (κ1) is 22.9. The van der Waals surface area contributed by atoms with Gasteiger partial charge in [0.05, 0.1) is 23.4 Å². The van der Waals surface area contributed by atoms with Crippen molar-refractivity contribution >= 4 is 12.2 Å². The third kappa shape index (κ3) is 5.03. The molecule has 1 aromatic heterocycles. The van der Waals surface area contributed by atoms with Gasteiger partial charge in [-0.1, -0.05) is 13.8 Å². The molecule has 0 bridgehead atoms. The molecule has 2 atom stereocenters. The third-order valence-corrected chi connectivity index (χ3v) is 5.59. The van der Waals surface area contributed by atoms with Crippen LogP contribution in [-0.2, 0) is 9.53 Å². The second kappa shape index (κ2) is 8.90. The molecular weight excluding hydrogens is 426 g/mol. The predicted molar refractivity (Wildman–Crippen MR) is 122 cm³/mol. The zero-order chi connectivity index (χ0) is 23.8. The molecule has 1 saturated heterocycles. The Labute approximate surface area is 191 Å². The van der Waals surface area contributed by atoms with E-state index in [-0.39, 0.29) is 30.4 Å². The van der Waals surface area contributed by atoms with Gasteiger partial charge < -0.3 is 14.4 Å². The Balaban J connectivity index is 1.86. The fraction of sp³-hybridized carbons (Fsp3) is 0.308. The molecule has 1 fully saturated rings.